The minimum atomic E-state index is -1.05. The van der Waals surface area contributed by atoms with Crippen molar-refractivity contribution in [1.29, 1.82) is 0 Å². The van der Waals surface area contributed by atoms with Crippen LogP contribution in [-0.4, -0.2) is 43.0 Å². The van der Waals surface area contributed by atoms with Gasteiger partial charge >= 0.3 is 6.03 Å². The Hall–Kier alpha value is -3.16. The summed E-state index contributed by atoms with van der Waals surface area (Å²) in [6, 6.07) is 7.78. The summed E-state index contributed by atoms with van der Waals surface area (Å²) in [6.45, 7) is 6.81. The highest BCUT2D eigenvalue weighted by Crippen LogP contribution is 2.28. The maximum atomic E-state index is 13.4. The number of hydrogen-bond donors (Lipinski definition) is 2. The number of halogens is 2. The Bertz CT molecular complexity index is 941. The van der Waals surface area contributed by atoms with Gasteiger partial charge in [-0.2, -0.15) is 0 Å². The third kappa shape index (κ3) is 5.51. The lowest BCUT2D eigenvalue weighted by Gasteiger charge is -2.31. The van der Waals surface area contributed by atoms with Gasteiger partial charge in [0.05, 0.1) is 5.56 Å². The number of nitrogens with one attached hydrogen (secondary N) is 2. The third-order valence-electron chi connectivity index (χ3n) is 5.41. The van der Waals surface area contributed by atoms with Crippen molar-refractivity contribution >= 4 is 29.0 Å². The zero-order chi connectivity index (χ0) is 22.4. The van der Waals surface area contributed by atoms with E-state index in [1.807, 2.05) is 19.9 Å². The molecule has 1 heterocycles. The minimum absolute atomic E-state index is 0.0877. The molecule has 2 aromatic carbocycles. The molecule has 0 radical (unpaired) electrons. The maximum Gasteiger partial charge on any atom is 0.323 e. The van der Waals surface area contributed by atoms with Crippen LogP contribution in [0.1, 0.15) is 43.5 Å². The molecule has 0 saturated carbocycles. The average Bonchev–Trinajstić information content (AvgIpc) is 2.77. The van der Waals surface area contributed by atoms with Crippen molar-refractivity contribution in [2.45, 2.75) is 33.1 Å². The molecule has 1 fully saturated rings. The smallest absolute Gasteiger partial charge is 0.323 e. The Kier molecular flexibility index (Phi) is 7.44. The van der Waals surface area contributed by atoms with Crippen LogP contribution >= 0.6 is 0 Å². The summed E-state index contributed by atoms with van der Waals surface area (Å²) in [4.78, 5) is 29.5. The quantitative estimate of drug-likeness (QED) is 0.672. The zero-order valence-electron chi connectivity index (χ0n) is 17.9. The van der Waals surface area contributed by atoms with Gasteiger partial charge in [0.15, 0.2) is 11.6 Å². The molecule has 6 nitrogen and oxygen atoms in total. The van der Waals surface area contributed by atoms with Gasteiger partial charge in [-0.1, -0.05) is 0 Å². The van der Waals surface area contributed by atoms with Crippen LogP contribution in [0.5, 0.6) is 0 Å². The summed E-state index contributed by atoms with van der Waals surface area (Å²) in [5, 5.41) is 5.14. The fourth-order valence-electron chi connectivity index (χ4n) is 3.74. The highest BCUT2D eigenvalue weighted by molar-refractivity contribution is 6.04. The molecule has 31 heavy (non-hydrogen) atoms. The predicted molar refractivity (Wildman–Crippen MR) is 119 cm³/mol. The van der Waals surface area contributed by atoms with Crippen molar-refractivity contribution in [3.63, 3.8) is 0 Å². The molecule has 0 unspecified atom stereocenters. The first-order valence-electron chi connectivity index (χ1n) is 10.6. The van der Waals surface area contributed by atoms with E-state index in [4.69, 9.17) is 0 Å². The van der Waals surface area contributed by atoms with Crippen LogP contribution in [0.25, 0.3) is 0 Å². The normalized spacial score (nSPS) is 13.6. The first kappa shape index (κ1) is 22.5. The first-order chi connectivity index (χ1) is 14.9. The number of carbonyl (C=O) groups excluding carboxylic acids is 2. The Morgan fingerprint density at radius 2 is 1.52 bits per heavy atom. The lowest BCUT2D eigenvalue weighted by atomic mass is 10.1. The average molecular weight is 430 g/mol. The van der Waals surface area contributed by atoms with Gasteiger partial charge in [0.1, 0.15) is 0 Å². The van der Waals surface area contributed by atoms with Crippen LogP contribution in [-0.2, 0) is 0 Å². The molecule has 0 bridgehead atoms. The van der Waals surface area contributed by atoms with E-state index in [0.29, 0.717) is 24.3 Å². The fraction of sp³-hybridized carbons (Fsp3) is 0.391. The summed E-state index contributed by atoms with van der Waals surface area (Å²) < 4.78 is 26.4. The van der Waals surface area contributed by atoms with Crippen LogP contribution in [0.15, 0.2) is 36.4 Å². The van der Waals surface area contributed by atoms with Crippen molar-refractivity contribution in [3.05, 3.63) is 53.6 Å². The zero-order valence-corrected chi connectivity index (χ0v) is 17.9. The summed E-state index contributed by atoms with van der Waals surface area (Å²) >= 11 is 0. The van der Waals surface area contributed by atoms with E-state index in [9.17, 15) is 18.4 Å². The summed E-state index contributed by atoms with van der Waals surface area (Å²) in [7, 11) is 0. The van der Waals surface area contributed by atoms with Crippen molar-refractivity contribution in [1.82, 2.24) is 4.90 Å². The van der Waals surface area contributed by atoms with Crippen molar-refractivity contribution in [2.75, 3.05) is 41.7 Å². The first-order valence-corrected chi connectivity index (χ1v) is 10.6. The second-order valence-corrected chi connectivity index (χ2v) is 7.47. The fourth-order valence-corrected chi connectivity index (χ4v) is 3.74. The van der Waals surface area contributed by atoms with Gasteiger partial charge in [-0.3, -0.25) is 4.79 Å². The highest BCUT2D eigenvalue weighted by atomic mass is 19.2. The second kappa shape index (κ2) is 10.2. The van der Waals surface area contributed by atoms with Gasteiger partial charge < -0.3 is 20.4 Å². The second-order valence-electron chi connectivity index (χ2n) is 7.47. The number of rotatable bonds is 6. The number of carbonyl (C=O) groups is 2. The molecular formula is C23H28F2N4O2. The SMILES string of the molecule is CCN(CC)C(=O)c1cc(NC(=O)Nc2ccc(F)c(F)c2)ccc1N1CCCCC1. The van der Waals surface area contributed by atoms with E-state index in [1.54, 1.807) is 17.0 Å². The van der Waals surface area contributed by atoms with E-state index in [2.05, 4.69) is 15.5 Å². The van der Waals surface area contributed by atoms with Gasteiger partial charge in [-0.25, -0.2) is 13.6 Å². The monoisotopic (exact) mass is 430 g/mol. The molecule has 1 saturated heterocycles. The van der Waals surface area contributed by atoms with Gasteiger partial charge in [0.25, 0.3) is 5.91 Å². The molecule has 0 aromatic heterocycles. The van der Waals surface area contributed by atoms with Gasteiger partial charge in [0, 0.05) is 49.3 Å². The largest absolute Gasteiger partial charge is 0.371 e. The molecule has 1 aliphatic heterocycles. The number of benzene rings is 2. The summed E-state index contributed by atoms with van der Waals surface area (Å²) in [6.07, 6.45) is 3.34. The number of piperidine rings is 1. The van der Waals surface area contributed by atoms with E-state index in [1.165, 1.54) is 12.5 Å². The minimum Gasteiger partial charge on any atom is -0.371 e. The number of hydrogen-bond acceptors (Lipinski definition) is 3. The molecule has 2 aromatic rings. The van der Waals surface area contributed by atoms with Crippen LogP contribution in [0.2, 0.25) is 0 Å². The lowest BCUT2D eigenvalue weighted by Crippen LogP contribution is -2.35. The van der Waals surface area contributed by atoms with Crippen LogP contribution in [0, 0.1) is 11.6 Å². The van der Waals surface area contributed by atoms with E-state index in [-0.39, 0.29) is 11.6 Å². The Labute approximate surface area is 181 Å². The number of anilines is 3. The molecule has 1 aliphatic rings. The lowest BCUT2D eigenvalue weighted by molar-refractivity contribution is 0.0773. The summed E-state index contributed by atoms with van der Waals surface area (Å²) in [5.74, 6) is -2.12. The van der Waals surface area contributed by atoms with Gasteiger partial charge in [-0.05, 0) is 63.4 Å². The Morgan fingerprint density at radius 3 is 2.13 bits per heavy atom. The van der Waals surface area contributed by atoms with Crippen molar-refractivity contribution < 1.29 is 18.4 Å². The molecule has 166 valence electrons. The number of urea groups is 1. The van der Waals surface area contributed by atoms with Crippen LogP contribution in [0.4, 0.5) is 30.6 Å². The molecule has 0 spiro atoms. The maximum absolute atomic E-state index is 13.4. The predicted octanol–water partition coefficient (Wildman–Crippen LogP) is 5.08. The highest BCUT2D eigenvalue weighted by Gasteiger charge is 2.22. The number of nitrogens with zero attached hydrogens (tertiary/aromatic N) is 2. The molecule has 8 heteroatoms. The molecule has 0 aliphatic carbocycles. The molecular weight excluding hydrogens is 402 g/mol. The third-order valence-corrected chi connectivity index (χ3v) is 5.41. The van der Waals surface area contributed by atoms with E-state index >= 15 is 0 Å². The standard InChI is InChI=1S/C23H28F2N4O2/c1-3-28(4-2)22(30)18-14-16(9-11-21(18)29-12-6-5-7-13-29)26-23(31)27-17-8-10-19(24)20(25)15-17/h8-11,14-15H,3-7,12-13H2,1-2H3,(H2,26,27,31). The van der Waals surface area contributed by atoms with Gasteiger partial charge in [-0.15, -0.1) is 0 Å². The van der Waals surface area contributed by atoms with Crippen molar-refractivity contribution in [3.8, 4) is 0 Å². The molecule has 3 amide bonds. The molecule has 2 N–H and O–H groups in total. The topological polar surface area (TPSA) is 64.7 Å². The summed E-state index contributed by atoms with van der Waals surface area (Å²) in [5.41, 5.74) is 1.97. The Morgan fingerprint density at radius 1 is 0.903 bits per heavy atom. The van der Waals surface area contributed by atoms with Crippen LogP contribution in [0.3, 0.4) is 0 Å². The van der Waals surface area contributed by atoms with Crippen LogP contribution < -0.4 is 15.5 Å². The number of amides is 3. The van der Waals surface area contributed by atoms with Gasteiger partial charge in [0.2, 0.25) is 0 Å². The van der Waals surface area contributed by atoms with Crippen molar-refractivity contribution in [2.24, 2.45) is 0 Å². The van der Waals surface area contributed by atoms with E-state index in [0.717, 1.165) is 43.8 Å². The molecule has 3 rings (SSSR count). The Balaban J connectivity index is 1.83. The van der Waals surface area contributed by atoms with E-state index < -0.39 is 17.7 Å². The molecule has 0 atom stereocenters.